The highest BCUT2D eigenvalue weighted by molar-refractivity contribution is 7.89. The highest BCUT2D eigenvalue weighted by Gasteiger charge is 2.43. The fourth-order valence-electron chi connectivity index (χ4n) is 4.45. The Bertz CT molecular complexity index is 949. The van der Waals surface area contributed by atoms with Crippen LogP contribution in [0, 0.1) is 5.92 Å². The molecule has 2 aromatic rings. The third-order valence-electron chi connectivity index (χ3n) is 6.22. The van der Waals surface area contributed by atoms with E-state index < -0.39 is 10.0 Å². The summed E-state index contributed by atoms with van der Waals surface area (Å²) in [6.07, 6.45) is 4.77. The van der Waals surface area contributed by atoms with Gasteiger partial charge in [0.25, 0.3) is 0 Å². The van der Waals surface area contributed by atoms with E-state index in [4.69, 9.17) is 14.0 Å². The number of nitrogens with zero attached hydrogens (tertiary/aromatic N) is 3. The Morgan fingerprint density at radius 1 is 1.23 bits per heavy atom. The molecule has 2 fully saturated rings. The fraction of sp³-hybridized carbons (Fsp3) is 0.619. The number of benzene rings is 1. The number of hydrogen-bond donors (Lipinski definition) is 0. The van der Waals surface area contributed by atoms with Gasteiger partial charge in [0.2, 0.25) is 15.9 Å². The number of methoxy groups -OCH3 is 1. The lowest BCUT2D eigenvalue weighted by molar-refractivity contribution is -0.121. The number of aromatic nitrogens is 2. The molecule has 3 heterocycles. The lowest BCUT2D eigenvalue weighted by Gasteiger charge is -2.45. The van der Waals surface area contributed by atoms with E-state index in [1.807, 2.05) is 6.92 Å². The molecular weight excluding hydrogens is 406 g/mol. The van der Waals surface area contributed by atoms with Crippen LogP contribution in [0.5, 0.6) is 5.75 Å². The molecule has 1 aromatic heterocycles. The lowest BCUT2D eigenvalue weighted by atomic mass is 9.79. The molecule has 0 radical (unpaired) electrons. The number of aryl methyl sites for hydroxylation is 1. The summed E-state index contributed by atoms with van der Waals surface area (Å²) in [5, 5.41) is 3.98. The molecule has 0 bridgehead atoms. The second kappa shape index (κ2) is 8.64. The zero-order valence-electron chi connectivity index (χ0n) is 17.5. The van der Waals surface area contributed by atoms with Gasteiger partial charge < -0.3 is 14.0 Å². The molecule has 0 amide bonds. The molecule has 2 aliphatic heterocycles. The standard InChI is InChI=1S/C21H29N3O5S/c1-3-19-22-20(29-23-19)14-16-8-13-28-21(15-16)9-11-24(12-10-21)30(25,26)18-6-4-17(27-2)5-7-18/h4-7,16H,3,8-15H2,1-2H3. The number of ether oxygens (including phenoxy) is 2. The molecule has 8 nitrogen and oxygen atoms in total. The summed E-state index contributed by atoms with van der Waals surface area (Å²) in [6.45, 7) is 3.61. The Balaban J connectivity index is 1.38. The average molecular weight is 436 g/mol. The summed E-state index contributed by atoms with van der Waals surface area (Å²) in [5.74, 6) is 2.48. The van der Waals surface area contributed by atoms with Crippen molar-refractivity contribution in [3.05, 3.63) is 36.0 Å². The molecule has 0 aliphatic carbocycles. The molecule has 1 atom stereocenters. The molecule has 1 spiro atoms. The van der Waals surface area contributed by atoms with Crippen LogP contribution in [0.1, 0.15) is 44.3 Å². The van der Waals surface area contributed by atoms with Crippen LogP contribution in [0.15, 0.2) is 33.7 Å². The van der Waals surface area contributed by atoms with Gasteiger partial charge in [-0.2, -0.15) is 9.29 Å². The van der Waals surface area contributed by atoms with Crippen molar-refractivity contribution in [1.82, 2.24) is 14.4 Å². The molecule has 30 heavy (non-hydrogen) atoms. The summed E-state index contributed by atoms with van der Waals surface area (Å²) in [6, 6.07) is 6.55. The van der Waals surface area contributed by atoms with Gasteiger partial charge in [-0.25, -0.2) is 8.42 Å². The van der Waals surface area contributed by atoms with E-state index >= 15 is 0 Å². The second-order valence-electron chi connectivity index (χ2n) is 8.13. The molecule has 1 aromatic carbocycles. The van der Waals surface area contributed by atoms with E-state index in [0.717, 1.165) is 31.5 Å². The van der Waals surface area contributed by atoms with Crippen LogP contribution >= 0.6 is 0 Å². The predicted molar refractivity (Wildman–Crippen MR) is 110 cm³/mol. The number of rotatable bonds is 6. The van der Waals surface area contributed by atoms with Gasteiger partial charge in [-0.3, -0.25) is 0 Å². The first kappa shape index (κ1) is 21.3. The zero-order valence-corrected chi connectivity index (χ0v) is 18.4. The summed E-state index contributed by atoms with van der Waals surface area (Å²) >= 11 is 0. The van der Waals surface area contributed by atoms with Gasteiger partial charge in [-0.15, -0.1) is 0 Å². The number of piperidine rings is 1. The van der Waals surface area contributed by atoms with Crippen molar-refractivity contribution in [2.24, 2.45) is 5.92 Å². The van der Waals surface area contributed by atoms with E-state index in [1.165, 1.54) is 0 Å². The molecule has 4 rings (SSSR count). The van der Waals surface area contributed by atoms with Crippen molar-refractivity contribution in [1.29, 1.82) is 0 Å². The molecule has 0 N–H and O–H groups in total. The van der Waals surface area contributed by atoms with E-state index in [1.54, 1.807) is 35.7 Å². The topological polar surface area (TPSA) is 94.8 Å². The third-order valence-corrected chi connectivity index (χ3v) is 8.13. The van der Waals surface area contributed by atoms with Gasteiger partial charge in [0, 0.05) is 32.5 Å². The maximum absolute atomic E-state index is 13.0. The van der Waals surface area contributed by atoms with Gasteiger partial charge in [0.15, 0.2) is 5.82 Å². The molecule has 164 valence electrons. The molecule has 2 saturated heterocycles. The van der Waals surface area contributed by atoms with Crippen molar-refractivity contribution in [2.75, 3.05) is 26.8 Å². The van der Waals surface area contributed by atoms with Crippen LogP contribution in [0.4, 0.5) is 0 Å². The van der Waals surface area contributed by atoms with Gasteiger partial charge in [-0.05, 0) is 55.9 Å². The highest BCUT2D eigenvalue weighted by atomic mass is 32.2. The summed E-state index contributed by atoms with van der Waals surface area (Å²) in [5.41, 5.74) is -0.261. The van der Waals surface area contributed by atoms with Crippen molar-refractivity contribution in [3.63, 3.8) is 0 Å². The SMILES string of the molecule is CCc1noc(CC2CCOC3(CCN(S(=O)(=O)c4ccc(OC)cc4)CC3)C2)n1. The van der Waals surface area contributed by atoms with Crippen molar-refractivity contribution in [3.8, 4) is 5.75 Å². The highest BCUT2D eigenvalue weighted by Crippen LogP contribution is 2.39. The van der Waals surface area contributed by atoms with E-state index in [0.29, 0.717) is 55.0 Å². The Hall–Kier alpha value is -1.97. The van der Waals surface area contributed by atoms with Crippen LogP contribution < -0.4 is 4.74 Å². The van der Waals surface area contributed by atoms with Crippen molar-refractivity contribution in [2.45, 2.75) is 55.9 Å². The monoisotopic (exact) mass is 435 g/mol. The van der Waals surface area contributed by atoms with E-state index in [-0.39, 0.29) is 5.60 Å². The average Bonchev–Trinajstić information content (AvgIpc) is 3.22. The molecule has 0 saturated carbocycles. The Kier molecular flexibility index (Phi) is 6.13. The summed E-state index contributed by atoms with van der Waals surface area (Å²) in [4.78, 5) is 4.73. The first-order valence-corrected chi connectivity index (χ1v) is 12.0. The first-order chi connectivity index (χ1) is 14.4. The Labute approximate surface area is 177 Å². The van der Waals surface area contributed by atoms with Gasteiger partial charge >= 0.3 is 0 Å². The van der Waals surface area contributed by atoms with Crippen LogP contribution in [-0.4, -0.2) is 55.3 Å². The van der Waals surface area contributed by atoms with Crippen LogP contribution in [0.2, 0.25) is 0 Å². The van der Waals surface area contributed by atoms with Crippen molar-refractivity contribution >= 4 is 10.0 Å². The van der Waals surface area contributed by atoms with Gasteiger partial charge in [0.05, 0.1) is 17.6 Å². The summed E-state index contributed by atoms with van der Waals surface area (Å²) in [7, 11) is -1.95. The third kappa shape index (κ3) is 4.38. The van der Waals surface area contributed by atoms with E-state index in [9.17, 15) is 8.42 Å². The summed E-state index contributed by atoms with van der Waals surface area (Å²) < 4.78 is 44.3. The molecular formula is C21H29N3O5S. The maximum Gasteiger partial charge on any atom is 0.243 e. The van der Waals surface area contributed by atoms with Gasteiger partial charge in [-0.1, -0.05) is 12.1 Å². The van der Waals surface area contributed by atoms with Crippen LogP contribution in [0.25, 0.3) is 0 Å². The first-order valence-electron chi connectivity index (χ1n) is 10.5. The quantitative estimate of drug-likeness (QED) is 0.688. The van der Waals surface area contributed by atoms with Gasteiger partial charge in [0.1, 0.15) is 5.75 Å². The molecule has 9 heteroatoms. The van der Waals surface area contributed by atoms with E-state index in [2.05, 4.69) is 10.1 Å². The smallest absolute Gasteiger partial charge is 0.243 e. The molecule has 2 aliphatic rings. The predicted octanol–water partition coefficient (Wildman–Crippen LogP) is 2.83. The Morgan fingerprint density at radius 3 is 2.60 bits per heavy atom. The number of sulfonamides is 1. The largest absolute Gasteiger partial charge is 0.497 e. The van der Waals surface area contributed by atoms with Crippen LogP contribution in [0.3, 0.4) is 0 Å². The minimum Gasteiger partial charge on any atom is -0.497 e. The Morgan fingerprint density at radius 2 is 1.97 bits per heavy atom. The fourth-order valence-corrected chi connectivity index (χ4v) is 5.89. The lowest BCUT2D eigenvalue weighted by Crippen LogP contribution is -2.50. The normalized spacial score (nSPS) is 22.3. The second-order valence-corrected chi connectivity index (χ2v) is 10.1. The van der Waals surface area contributed by atoms with Crippen molar-refractivity contribution < 1.29 is 22.4 Å². The van der Waals surface area contributed by atoms with Crippen LogP contribution in [-0.2, 0) is 27.6 Å². The zero-order chi connectivity index (χ0) is 21.2. The minimum absolute atomic E-state index is 0.261. The maximum atomic E-state index is 13.0. The number of hydrogen-bond acceptors (Lipinski definition) is 7. The minimum atomic E-state index is -3.52. The molecule has 1 unspecified atom stereocenters.